The van der Waals surface area contributed by atoms with E-state index in [1.54, 1.807) is 45.0 Å². The summed E-state index contributed by atoms with van der Waals surface area (Å²) in [5, 5.41) is 0. The van der Waals surface area contributed by atoms with Crippen LogP contribution in [0.1, 0.15) is 43.6 Å². The average Bonchev–Trinajstić information content (AvgIpc) is 2.62. The zero-order valence-corrected chi connectivity index (χ0v) is 16.7. The summed E-state index contributed by atoms with van der Waals surface area (Å²) in [6.45, 7) is 10.9. The van der Waals surface area contributed by atoms with Gasteiger partial charge in [-0.15, -0.1) is 0 Å². The van der Waals surface area contributed by atoms with Crippen LogP contribution in [0.4, 0.5) is 4.79 Å². The number of hydrogen-bond donors (Lipinski definition) is 0. The molecule has 0 N–H and O–H groups in total. The first kappa shape index (κ1) is 21.7. The maximum absolute atomic E-state index is 12.4. The smallest absolute Gasteiger partial charge is 0.428 e. The van der Waals surface area contributed by atoms with Gasteiger partial charge >= 0.3 is 12.1 Å². The van der Waals surface area contributed by atoms with Crippen molar-refractivity contribution in [3.8, 4) is 17.2 Å². The number of esters is 1. The van der Waals surface area contributed by atoms with Crippen LogP contribution in [0.3, 0.4) is 0 Å². The summed E-state index contributed by atoms with van der Waals surface area (Å²) in [6.07, 6.45) is -1.01. The molecule has 0 aromatic heterocycles. The molecule has 0 amide bonds. The standard InChI is InChI=1S/C22H22O7/c1-14(2)15-6-9-17(10-7-15)27-20(24)16-8-11-18(26-13-23)19(12-16)28-21(25)29-22(3,4)5/h6-13H,1H2,2-5H3. The summed E-state index contributed by atoms with van der Waals surface area (Å²) in [5.74, 6) is -0.547. The Morgan fingerprint density at radius 3 is 2.10 bits per heavy atom. The molecule has 0 saturated heterocycles. The number of carbonyl (C=O) groups excluding carboxylic acids is 3. The van der Waals surface area contributed by atoms with Crippen LogP contribution in [-0.2, 0) is 9.53 Å². The van der Waals surface area contributed by atoms with Gasteiger partial charge in [-0.2, -0.15) is 0 Å². The number of carbonyl (C=O) groups is 3. The summed E-state index contributed by atoms with van der Waals surface area (Å²) in [5.41, 5.74) is 1.12. The summed E-state index contributed by atoms with van der Waals surface area (Å²) < 4.78 is 20.3. The third kappa shape index (κ3) is 6.49. The second-order valence-electron chi connectivity index (χ2n) is 7.14. The van der Waals surface area contributed by atoms with Crippen LogP contribution in [0.5, 0.6) is 17.2 Å². The molecule has 0 aliphatic heterocycles. The van der Waals surface area contributed by atoms with Gasteiger partial charge in [-0.05, 0) is 63.6 Å². The number of hydrogen-bond acceptors (Lipinski definition) is 7. The molecule has 0 heterocycles. The van der Waals surface area contributed by atoms with E-state index in [0.29, 0.717) is 5.75 Å². The Labute approximate surface area is 168 Å². The van der Waals surface area contributed by atoms with Crippen LogP contribution in [0, 0.1) is 0 Å². The van der Waals surface area contributed by atoms with Gasteiger partial charge in [-0.25, -0.2) is 9.59 Å². The van der Waals surface area contributed by atoms with Crippen molar-refractivity contribution in [2.24, 2.45) is 0 Å². The molecular weight excluding hydrogens is 376 g/mol. The van der Waals surface area contributed by atoms with E-state index >= 15 is 0 Å². The molecule has 0 aliphatic rings. The molecule has 0 saturated carbocycles. The van der Waals surface area contributed by atoms with Gasteiger partial charge in [0.15, 0.2) is 11.5 Å². The van der Waals surface area contributed by atoms with Gasteiger partial charge in [0.1, 0.15) is 11.4 Å². The molecule has 7 nitrogen and oxygen atoms in total. The Morgan fingerprint density at radius 1 is 0.931 bits per heavy atom. The summed E-state index contributed by atoms with van der Waals surface area (Å²) in [6, 6.07) is 10.8. The fraction of sp³-hybridized carbons (Fsp3) is 0.227. The highest BCUT2D eigenvalue weighted by molar-refractivity contribution is 5.92. The van der Waals surface area contributed by atoms with E-state index in [1.807, 2.05) is 6.92 Å². The van der Waals surface area contributed by atoms with E-state index in [0.717, 1.165) is 11.1 Å². The second kappa shape index (κ2) is 9.05. The molecule has 2 aromatic carbocycles. The Balaban J connectivity index is 2.21. The largest absolute Gasteiger partial charge is 0.514 e. The Kier molecular flexibility index (Phi) is 6.77. The van der Waals surface area contributed by atoms with Gasteiger partial charge in [0.25, 0.3) is 6.47 Å². The highest BCUT2D eigenvalue weighted by Gasteiger charge is 2.21. The monoisotopic (exact) mass is 398 g/mol. The first-order valence-electron chi connectivity index (χ1n) is 8.72. The summed E-state index contributed by atoms with van der Waals surface area (Å²) in [4.78, 5) is 35.1. The Morgan fingerprint density at radius 2 is 1.55 bits per heavy atom. The maximum atomic E-state index is 12.4. The van der Waals surface area contributed by atoms with Gasteiger partial charge in [0, 0.05) is 0 Å². The van der Waals surface area contributed by atoms with E-state index in [2.05, 4.69) is 6.58 Å². The minimum Gasteiger partial charge on any atom is -0.428 e. The molecule has 0 fully saturated rings. The average molecular weight is 398 g/mol. The number of ether oxygens (including phenoxy) is 4. The second-order valence-corrected chi connectivity index (χ2v) is 7.14. The lowest BCUT2D eigenvalue weighted by atomic mass is 10.1. The van der Waals surface area contributed by atoms with Crippen LogP contribution in [-0.4, -0.2) is 24.2 Å². The first-order valence-corrected chi connectivity index (χ1v) is 8.72. The molecule has 0 spiro atoms. The van der Waals surface area contributed by atoms with Crippen LogP contribution < -0.4 is 14.2 Å². The number of allylic oxidation sites excluding steroid dienone is 1. The van der Waals surface area contributed by atoms with Crippen molar-refractivity contribution in [2.45, 2.75) is 33.3 Å². The predicted octanol–water partition coefficient (Wildman–Crippen LogP) is 4.79. The zero-order chi connectivity index (χ0) is 21.6. The van der Waals surface area contributed by atoms with Crippen molar-refractivity contribution < 1.29 is 33.3 Å². The molecule has 2 aromatic rings. The molecule has 0 radical (unpaired) electrons. The first-order chi connectivity index (χ1) is 13.6. The minimum absolute atomic E-state index is 0.0479. The molecule has 0 bridgehead atoms. The van der Waals surface area contributed by atoms with Crippen molar-refractivity contribution in [1.82, 2.24) is 0 Å². The molecular formula is C22H22O7. The highest BCUT2D eigenvalue weighted by Crippen LogP contribution is 2.30. The van der Waals surface area contributed by atoms with Gasteiger partial charge in [0.2, 0.25) is 0 Å². The van der Waals surface area contributed by atoms with E-state index in [4.69, 9.17) is 18.9 Å². The number of benzene rings is 2. The number of rotatable bonds is 6. The minimum atomic E-state index is -1.01. The normalized spacial score (nSPS) is 10.6. The summed E-state index contributed by atoms with van der Waals surface area (Å²) >= 11 is 0. The van der Waals surface area contributed by atoms with E-state index in [-0.39, 0.29) is 23.5 Å². The Bertz CT molecular complexity index is 921. The molecule has 29 heavy (non-hydrogen) atoms. The van der Waals surface area contributed by atoms with Crippen LogP contribution in [0.25, 0.3) is 5.57 Å². The third-order valence-electron chi connectivity index (χ3n) is 3.49. The SMILES string of the molecule is C=C(C)c1ccc(OC(=O)c2ccc(OC=O)c(OC(=O)OC(C)(C)C)c2)cc1. The molecule has 0 unspecified atom stereocenters. The van der Waals surface area contributed by atoms with Crippen LogP contribution in [0.15, 0.2) is 49.0 Å². The van der Waals surface area contributed by atoms with Gasteiger partial charge in [-0.1, -0.05) is 24.3 Å². The van der Waals surface area contributed by atoms with Gasteiger partial charge < -0.3 is 18.9 Å². The Hall–Kier alpha value is -3.61. The van der Waals surface area contributed by atoms with Crippen LogP contribution >= 0.6 is 0 Å². The maximum Gasteiger partial charge on any atom is 0.514 e. The molecule has 7 heteroatoms. The van der Waals surface area contributed by atoms with Crippen LogP contribution in [0.2, 0.25) is 0 Å². The topological polar surface area (TPSA) is 88.1 Å². The van der Waals surface area contributed by atoms with E-state index < -0.39 is 17.7 Å². The zero-order valence-electron chi connectivity index (χ0n) is 16.7. The van der Waals surface area contributed by atoms with E-state index in [9.17, 15) is 14.4 Å². The summed E-state index contributed by atoms with van der Waals surface area (Å²) in [7, 11) is 0. The molecule has 0 aliphatic carbocycles. The lowest BCUT2D eigenvalue weighted by Crippen LogP contribution is -2.26. The fourth-order valence-electron chi connectivity index (χ4n) is 2.20. The van der Waals surface area contributed by atoms with Gasteiger partial charge in [-0.3, -0.25) is 4.79 Å². The van der Waals surface area contributed by atoms with Crippen molar-refractivity contribution in [3.05, 3.63) is 60.2 Å². The molecule has 152 valence electrons. The van der Waals surface area contributed by atoms with Crippen molar-refractivity contribution in [3.63, 3.8) is 0 Å². The predicted molar refractivity (Wildman–Crippen MR) is 106 cm³/mol. The van der Waals surface area contributed by atoms with Crippen molar-refractivity contribution in [2.75, 3.05) is 0 Å². The van der Waals surface area contributed by atoms with Crippen molar-refractivity contribution in [1.29, 1.82) is 0 Å². The lowest BCUT2D eigenvalue weighted by molar-refractivity contribution is -0.120. The van der Waals surface area contributed by atoms with Gasteiger partial charge in [0.05, 0.1) is 5.56 Å². The van der Waals surface area contributed by atoms with Crippen molar-refractivity contribution >= 4 is 24.2 Å². The molecule has 0 atom stereocenters. The lowest BCUT2D eigenvalue weighted by Gasteiger charge is -2.19. The highest BCUT2D eigenvalue weighted by atomic mass is 16.7. The molecule has 2 rings (SSSR count). The quantitative estimate of drug-likeness (QED) is 0.299. The third-order valence-corrected chi connectivity index (χ3v) is 3.49. The fourth-order valence-corrected chi connectivity index (χ4v) is 2.20. The van der Waals surface area contributed by atoms with E-state index in [1.165, 1.54) is 18.2 Å².